The number of anilines is 1. The minimum Gasteiger partial charge on any atom is -0.392 e. The molecule has 82 valence electrons. The fourth-order valence-electron chi connectivity index (χ4n) is 1.16. The van der Waals surface area contributed by atoms with Gasteiger partial charge >= 0.3 is 0 Å². The van der Waals surface area contributed by atoms with Crippen molar-refractivity contribution in [2.45, 2.75) is 20.0 Å². The number of Topliss-reactive ketones (excluding diaryl/α,β-unsaturated/α-hetero) is 1. The van der Waals surface area contributed by atoms with Crippen molar-refractivity contribution in [2.75, 3.05) is 11.9 Å². The van der Waals surface area contributed by atoms with E-state index < -0.39 is 11.9 Å². The van der Waals surface area contributed by atoms with Crippen molar-refractivity contribution >= 4 is 11.5 Å². The molecule has 0 amide bonds. The molecule has 15 heavy (non-hydrogen) atoms. The molecule has 2 N–H and O–H groups in total. The summed E-state index contributed by atoms with van der Waals surface area (Å²) in [5, 5.41) is 11.9. The van der Waals surface area contributed by atoms with Gasteiger partial charge in [-0.25, -0.2) is 4.39 Å². The van der Waals surface area contributed by atoms with Crippen LogP contribution in [-0.2, 0) is 0 Å². The molecule has 0 spiro atoms. The topological polar surface area (TPSA) is 49.3 Å². The largest absolute Gasteiger partial charge is 0.392 e. The third-order valence-corrected chi connectivity index (χ3v) is 1.91. The van der Waals surface area contributed by atoms with E-state index in [1.165, 1.54) is 19.1 Å². The van der Waals surface area contributed by atoms with Gasteiger partial charge in [-0.15, -0.1) is 0 Å². The third-order valence-electron chi connectivity index (χ3n) is 1.91. The van der Waals surface area contributed by atoms with E-state index in [9.17, 15) is 9.18 Å². The molecule has 0 bridgehead atoms. The van der Waals surface area contributed by atoms with Gasteiger partial charge in [0.05, 0.1) is 6.10 Å². The second-order valence-electron chi connectivity index (χ2n) is 3.51. The summed E-state index contributed by atoms with van der Waals surface area (Å²) in [6.45, 7) is 3.33. The molecule has 3 nitrogen and oxygen atoms in total. The lowest BCUT2D eigenvalue weighted by Crippen LogP contribution is -2.15. The monoisotopic (exact) mass is 211 g/mol. The van der Waals surface area contributed by atoms with Crippen molar-refractivity contribution in [3.05, 3.63) is 29.6 Å². The van der Waals surface area contributed by atoms with Gasteiger partial charge in [-0.05, 0) is 32.0 Å². The summed E-state index contributed by atoms with van der Waals surface area (Å²) in [7, 11) is 0. The van der Waals surface area contributed by atoms with E-state index in [0.717, 1.165) is 0 Å². The first-order chi connectivity index (χ1) is 6.99. The number of halogens is 1. The fourth-order valence-corrected chi connectivity index (χ4v) is 1.16. The van der Waals surface area contributed by atoms with Gasteiger partial charge in [-0.3, -0.25) is 4.79 Å². The van der Waals surface area contributed by atoms with Gasteiger partial charge in [-0.2, -0.15) is 0 Å². The Balaban J connectivity index is 2.84. The van der Waals surface area contributed by atoms with Crippen LogP contribution in [0.15, 0.2) is 18.2 Å². The summed E-state index contributed by atoms with van der Waals surface area (Å²) >= 11 is 0. The van der Waals surface area contributed by atoms with Crippen molar-refractivity contribution < 1.29 is 14.3 Å². The maximum Gasteiger partial charge on any atom is 0.159 e. The van der Waals surface area contributed by atoms with E-state index >= 15 is 0 Å². The molecular formula is C11H14FNO2. The zero-order valence-corrected chi connectivity index (χ0v) is 8.75. The number of carbonyl (C=O) groups excluding carboxylic acids is 1. The van der Waals surface area contributed by atoms with Crippen molar-refractivity contribution in [3.8, 4) is 0 Å². The predicted octanol–water partition coefficient (Wildman–Crippen LogP) is 1.82. The Bertz CT molecular complexity index is 364. The van der Waals surface area contributed by atoms with Gasteiger partial charge in [0, 0.05) is 17.8 Å². The Hall–Kier alpha value is -1.42. The number of aliphatic hydroxyl groups excluding tert-OH is 1. The highest BCUT2D eigenvalue weighted by Crippen LogP contribution is 2.14. The second-order valence-corrected chi connectivity index (χ2v) is 3.51. The zero-order chi connectivity index (χ0) is 11.4. The number of benzene rings is 1. The predicted molar refractivity (Wildman–Crippen MR) is 56.6 cm³/mol. The minimum atomic E-state index is -0.519. The van der Waals surface area contributed by atoms with Crippen LogP contribution in [0.5, 0.6) is 0 Å². The first-order valence-electron chi connectivity index (χ1n) is 4.72. The van der Waals surface area contributed by atoms with Crippen molar-refractivity contribution in [1.29, 1.82) is 0 Å². The molecule has 1 rings (SSSR count). The minimum absolute atomic E-state index is 0.186. The maximum atomic E-state index is 13.1. The summed E-state index contributed by atoms with van der Waals surface area (Å²) in [6.07, 6.45) is -0.519. The molecule has 0 fully saturated rings. The van der Waals surface area contributed by atoms with E-state index in [-0.39, 0.29) is 5.78 Å². The van der Waals surface area contributed by atoms with E-state index in [1.54, 1.807) is 13.0 Å². The smallest absolute Gasteiger partial charge is 0.159 e. The molecule has 0 radical (unpaired) electrons. The fraction of sp³-hybridized carbons (Fsp3) is 0.364. The van der Waals surface area contributed by atoms with Crippen LogP contribution in [0.4, 0.5) is 10.1 Å². The summed E-state index contributed by atoms with van der Waals surface area (Å²) in [5.74, 6) is -0.648. The molecule has 0 aliphatic carbocycles. The highest BCUT2D eigenvalue weighted by molar-refractivity contribution is 5.94. The number of hydrogen-bond acceptors (Lipinski definition) is 3. The summed E-state index contributed by atoms with van der Waals surface area (Å²) in [6, 6.07) is 4.04. The van der Waals surface area contributed by atoms with E-state index in [0.29, 0.717) is 17.8 Å². The quantitative estimate of drug-likeness (QED) is 0.747. The van der Waals surface area contributed by atoms with Crippen LogP contribution in [0.2, 0.25) is 0 Å². The number of hydrogen-bond donors (Lipinski definition) is 2. The molecule has 0 heterocycles. The van der Waals surface area contributed by atoms with Gasteiger partial charge in [0.25, 0.3) is 0 Å². The maximum absolute atomic E-state index is 13.1. The lowest BCUT2D eigenvalue weighted by Gasteiger charge is -2.09. The lowest BCUT2D eigenvalue weighted by molar-refractivity contribution is 0.101. The highest BCUT2D eigenvalue weighted by atomic mass is 19.1. The van der Waals surface area contributed by atoms with Crippen LogP contribution in [0.1, 0.15) is 24.2 Å². The zero-order valence-electron chi connectivity index (χ0n) is 8.75. The standard InChI is InChI=1S/C11H14FNO2/c1-7(14)6-13-11-4-9(8(2)15)3-10(12)5-11/h3-5,7,13-14H,6H2,1-2H3. The molecule has 1 aromatic carbocycles. The molecule has 0 aromatic heterocycles. The molecule has 0 aliphatic heterocycles. The second kappa shape index (κ2) is 4.89. The van der Waals surface area contributed by atoms with Gasteiger partial charge in [0.15, 0.2) is 5.78 Å². The van der Waals surface area contributed by atoms with Crippen molar-refractivity contribution in [1.82, 2.24) is 0 Å². The summed E-state index contributed by atoms with van der Waals surface area (Å²) in [5.41, 5.74) is 0.823. The molecule has 1 atom stereocenters. The van der Waals surface area contributed by atoms with Crippen LogP contribution in [0.3, 0.4) is 0 Å². The molecule has 1 unspecified atom stereocenters. The van der Waals surface area contributed by atoms with Gasteiger partial charge in [0.1, 0.15) is 5.82 Å². The average molecular weight is 211 g/mol. The van der Waals surface area contributed by atoms with Crippen LogP contribution >= 0.6 is 0 Å². The van der Waals surface area contributed by atoms with Crippen LogP contribution in [0.25, 0.3) is 0 Å². The van der Waals surface area contributed by atoms with Crippen LogP contribution in [0, 0.1) is 5.82 Å². The van der Waals surface area contributed by atoms with Gasteiger partial charge in [-0.1, -0.05) is 0 Å². The Labute approximate surface area is 87.9 Å². The van der Waals surface area contributed by atoms with Crippen LogP contribution in [-0.4, -0.2) is 23.5 Å². The molecular weight excluding hydrogens is 197 g/mol. The first kappa shape index (κ1) is 11.7. The third kappa shape index (κ3) is 3.67. The Morgan fingerprint density at radius 3 is 2.73 bits per heavy atom. The Kier molecular flexibility index (Phi) is 3.80. The van der Waals surface area contributed by atoms with Crippen molar-refractivity contribution in [2.24, 2.45) is 0 Å². The SMILES string of the molecule is CC(=O)c1cc(F)cc(NCC(C)O)c1. The van der Waals surface area contributed by atoms with E-state index in [1.807, 2.05) is 0 Å². The highest BCUT2D eigenvalue weighted by Gasteiger charge is 2.05. The molecule has 0 saturated heterocycles. The first-order valence-corrected chi connectivity index (χ1v) is 4.72. The number of nitrogens with one attached hydrogen (secondary N) is 1. The summed E-state index contributed by atoms with van der Waals surface area (Å²) in [4.78, 5) is 11.0. The molecule has 4 heteroatoms. The molecule has 1 aromatic rings. The number of aliphatic hydroxyl groups is 1. The number of rotatable bonds is 4. The molecule has 0 saturated carbocycles. The Morgan fingerprint density at radius 2 is 2.20 bits per heavy atom. The number of carbonyl (C=O) groups is 1. The molecule has 0 aliphatic rings. The lowest BCUT2D eigenvalue weighted by atomic mass is 10.1. The van der Waals surface area contributed by atoms with E-state index in [4.69, 9.17) is 5.11 Å². The average Bonchev–Trinajstić information content (AvgIpc) is 2.13. The van der Waals surface area contributed by atoms with Crippen LogP contribution < -0.4 is 5.32 Å². The normalized spacial score (nSPS) is 12.3. The van der Waals surface area contributed by atoms with E-state index in [2.05, 4.69) is 5.32 Å². The Morgan fingerprint density at radius 1 is 1.53 bits per heavy atom. The number of ketones is 1. The van der Waals surface area contributed by atoms with Gasteiger partial charge in [0.2, 0.25) is 0 Å². The van der Waals surface area contributed by atoms with Gasteiger partial charge < -0.3 is 10.4 Å². The van der Waals surface area contributed by atoms with Crippen molar-refractivity contribution in [3.63, 3.8) is 0 Å². The summed E-state index contributed by atoms with van der Waals surface area (Å²) < 4.78 is 13.1.